The topological polar surface area (TPSA) is 55.1 Å². The van der Waals surface area contributed by atoms with Gasteiger partial charge in [0.25, 0.3) is 0 Å². The van der Waals surface area contributed by atoms with Gasteiger partial charge in [-0.25, -0.2) is 0 Å². The van der Waals surface area contributed by atoms with Gasteiger partial charge in [0, 0.05) is 6.54 Å². The second-order valence-corrected chi connectivity index (χ2v) is 5.35. The molecule has 0 fully saturated rings. The summed E-state index contributed by atoms with van der Waals surface area (Å²) in [6.07, 6.45) is 7.07. The van der Waals surface area contributed by atoms with E-state index in [1.165, 1.54) is 0 Å². The predicted octanol–water partition coefficient (Wildman–Crippen LogP) is 1.33. The summed E-state index contributed by atoms with van der Waals surface area (Å²) in [7, 11) is 0. The molecular weight excluding hydrogens is 228 g/mol. The van der Waals surface area contributed by atoms with Crippen molar-refractivity contribution in [1.29, 1.82) is 0 Å². The van der Waals surface area contributed by atoms with Crippen LogP contribution < -0.4 is 11.1 Å². The normalized spacial score (nSPS) is 12.5. The lowest BCUT2D eigenvalue weighted by Gasteiger charge is -2.11. The smallest absolute Gasteiger partial charge is 0.236 e. The standard InChI is InChI=1S/C10H22N2OS2/c1-14-7-4-3-6-12-10(13)9(11)5-8-15-2/h9H,3-8,11H2,1-2H3,(H,12,13)/t9-/m0/s1. The Balaban J connectivity index is 3.38. The highest BCUT2D eigenvalue weighted by Crippen LogP contribution is 2.00. The molecule has 0 aliphatic carbocycles. The van der Waals surface area contributed by atoms with Crippen LogP contribution in [0.4, 0.5) is 0 Å². The third-order valence-electron chi connectivity index (χ3n) is 2.04. The molecule has 0 aromatic carbocycles. The van der Waals surface area contributed by atoms with Crippen molar-refractivity contribution >= 4 is 29.4 Å². The lowest BCUT2D eigenvalue weighted by atomic mass is 10.2. The lowest BCUT2D eigenvalue weighted by Crippen LogP contribution is -2.41. The van der Waals surface area contributed by atoms with E-state index in [1.807, 2.05) is 18.0 Å². The molecule has 0 aromatic heterocycles. The van der Waals surface area contributed by atoms with E-state index in [1.54, 1.807) is 11.8 Å². The van der Waals surface area contributed by atoms with E-state index in [0.29, 0.717) is 0 Å². The van der Waals surface area contributed by atoms with Crippen LogP contribution in [0, 0.1) is 0 Å². The summed E-state index contributed by atoms with van der Waals surface area (Å²) >= 11 is 3.56. The van der Waals surface area contributed by atoms with Gasteiger partial charge in [0.05, 0.1) is 6.04 Å². The summed E-state index contributed by atoms with van der Waals surface area (Å²) in [4.78, 5) is 11.4. The fraction of sp³-hybridized carbons (Fsp3) is 0.900. The molecule has 0 heterocycles. The zero-order valence-corrected chi connectivity index (χ0v) is 11.3. The molecule has 0 radical (unpaired) electrons. The molecule has 3 N–H and O–H groups in total. The first kappa shape index (κ1) is 15.1. The molecule has 0 aliphatic heterocycles. The highest BCUT2D eigenvalue weighted by atomic mass is 32.2. The van der Waals surface area contributed by atoms with Gasteiger partial charge in [-0.15, -0.1) is 0 Å². The summed E-state index contributed by atoms with van der Waals surface area (Å²) in [6, 6.07) is -0.335. The SMILES string of the molecule is CSCCCCNC(=O)[C@@H](N)CCSC. The number of unbranched alkanes of at least 4 members (excludes halogenated alkanes) is 1. The summed E-state index contributed by atoms with van der Waals surface area (Å²) in [5, 5.41) is 2.87. The molecule has 0 saturated heterocycles. The monoisotopic (exact) mass is 250 g/mol. The van der Waals surface area contributed by atoms with Crippen LogP contribution in [0.15, 0.2) is 0 Å². The molecule has 0 unspecified atom stereocenters. The van der Waals surface area contributed by atoms with Gasteiger partial charge in [-0.1, -0.05) is 0 Å². The molecule has 90 valence electrons. The van der Waals surface area contributed by atoms with Gasteiger partial charge in [0.2, 0.25) is 5.91 Å². The minimum Gasteiger partial charge on any atom is -0.355 e. The van der Waals surface area contributed by atoms with E-state index in [0.717, 1.165) is 37.3 Å². The number of rotatable bonds is 9. The van der Waals surface area contributed by atoms with Gasteiger partial charge < -0.3 is 11.1 Å². The largest absolute Gasteiger partial charge is 0.355 e. The van der Waals surface area contributed by atoms with E-state index < -0.39 is 0 Å². The quantitative estimate of drug-likeness (QED) is 0.606. The van der Waals surface area contributed by atoms with Crippen molar-refractivity contribution in [1.82, 2.24) is 5.32 Å². The highest BCUT2D eigenvalue weighted by molar-refractivity contribution is 7.98. The van der Waals surface area contributed by atoms with Crippen LogP contribution in [0.5, 0.6) is 0 Å². The summed E-state index contributed by atoms with van der Waals surface area (Å²) < 4.78 is 0. The summed E-state index contributed by atoms with van der Waals surface area (Å²) in [6.45, 7) is 0.756. The minimum atomic E-state index is -0.335. The van der Waals surface area contributed by atoms with Gasteiger partial charge >= 0.3 is 0 Å². The van der Waals surface area contributed by atoms with Crippen LogP contribution in [0.1, 0.15) is 19.3 Å². The fourth-order valence-electron chi connectivity index (χ4n) is 1.09. The minimum absolute atomic E-state index is 0.00629. The number of hydrogen-bond donors (Lipinski definition) is 2. The second-order valence-electron chi connectivity index (χ2n) is 3.38. The molecule has 15 heavy (non-hydrogen) atoms. The first-order chi connectivity index (χ1) is 7.22. The van der Waals surface area contributed by atoms with E-state index >= 15 is 0 Å². The summed E-state index contributed by atoms with van der Waals surface area (Å²) in [5.74, 6) is 2.10. The van der Waals surface area contributed by atoms with Crippen molar-refractivity contribution in [2.24, 2.45) is 5.73 Å². The zero-order chi connectivity index (χ0) is 11.5. The predicted molar refractivity (Wildman–Crippen MR) is 71.6 cm³/mol. The first-order valence-electron chi connectivity index (χ1n) is 5.23. The number of nitrogens with two attached hydrogens (primary N) is 1. The average Bonchev–Trinajstić information content (AvgIpc) is 2.25. The molecule has 0 rings (SSSR count). The van der Waals surface area contributed by atoms with E-state index in [2.05, 4.69) is 11.6 Å². The zero-order valence-electron chi connectivity index (χ0n) is 9.62. The molecule has 1 atom stereocenters. The van der Waals surface area contributed by atoms with Crippen molar-refractivity contribution in [3.63, 3.8) is 0 Å². The number of carbonyl (C=O) groups is 1. The third kappa shape index (κ3) is 9.08. The maximum absolute atomic E-state index is 11.4. The van der Waals surface area contributed by atoms with Crippen LogP contribution >= 0.6 is 23.5 Å². The molecule has 3 nitrogen and oxygen atoms in total. The Labute approximate surface area is 101 Å². The molecule has 1 amide bonds. The van der Waals surface area contributed by atoms with E-state index in [-0.39, 0.29) is 11.9 Å². The molecule has 0 aromatic rings. The molecule has 0 aliphatic rings. The summed E-state index contributed by atoms with van der Waals surface area (Å²) in [5.41, 5.74) is 5.71. The maximum atomic E-state index is 11.4. The number of nitrogens with one attached hydrogen (secondary N) is 1. The first-order valence-corrected chi connectivity index (χ1v) is 8.02. The fourth-order valence-corrected chi connectivity index (χ4v) is 2.07. The van der Waals surface area contributed by atoms with E-state index in [9.17, 15) is 4.79 Å². The molecule has 5 heteroatoms. The lowest BCUT2D eigenvalue weighted by molar-refractivity contribution is -0.122. The molecule has 0 spiro atoms. The molecule has 0 bridgehead atoms. The van der Waals surface area contributed by atoms with Crippen molar-refractivity contribution < 1.29 is 4.79 Å². The van der Waals surface area contributed by atoms with Gasteiger partial charge in [0.1, 0.15) is 0 Å². The average molecular weight is 250 g/mol. The van der Waals surface area contributed by atoms with Crippen LogP contribution in [0.3, 0.4) is 0 Å². The molecule has 0 saturated carbocycles. The van der Waals surface area contributed by atoms with Crippen molar-refractivity contribution in [3.05, 3.63) is 0 Å². The Kier molecular flexibility index (Phi) is 10.7. The maximum Gasteiger partial charge on any atom is 0.236 e. The van der Waals surface area contributed by atoms with Crippen LogP contribution in [-0.2, 0) is 4.79 Å². The third-order valence-corrected chi connectivity index (χ3v) is 3.39. The van der Waals surface area contributed by atoms with Gasteiger partial charge in [0.15, 0.2) is 0 Å². The van der Waals surface area contributed by atoms with Gasteiger partial charge in [-0.05, 0) is 43.3 Å². The molecular formula is C10H22N2OS2. The van der Waals surface area contributed by atoms with Crippen LogP contribution in [0.25, 0.3) is 0 Å². The van der Waals surface area contributed by atoms with Crippen molar-refractivity contribution in [2.75, 3.05) is 30.6 Å². The Morgan fingerprint density at radius 2 is 1.93 bits per heavy atom. The Hall–Kier alpha value is 0.130. The Bertz CT molecular complexity index is 168. The number of amides is 1. The van der Waals surface area contributed by atoms with Gasteiger partial charge in [-0.2, -0.15) is 23.5 Å². The second kappa shape index (κ2) is 10.6. The van der Waals surface area contributed by atoms with Crippen molar-refractivity contribution in [2.45, 2.75) is 25.3 Å². The van der Waals surface area contributed by atoms with Crippen molar-refractivity contribution in [3.8, 4) is 0 Å². The Morgan fingerprint density at radius 3 is 2.53 bits per heavy atom. The number of carbonyl (C=O) groups excluding carboxylic acids is 1. The highest BCUT2D eigenvalue weighted by Gasteiger charge is 2.11. The Morgan fingerprint density at radius 1 is 1.27 bits per heavy atom. The number of hydrogen-bond acceptors (Lipinski definition) is 4. The number of thioether (sulfide) groups is 2. The van der Waals surface area contributed by atoms with Crippen LogP contribution in [0.2, 0.25) is 0 Å². The van der Waals surface area contributed by atoms with Crippen LogP contribution in [-0.4, -0.2) is 42.5 Å². The van der Waals surface area contributed by atoms with Gasteiger partial charge in [-0.3, -0.25) is 4.79 Å². The van der Waals surface area contributed by atoms with E-state index in [4.69, 9.17) is 5.73 Å².